The minimum Gasteiger partial charge on any atom is -0.490 e. The molecule has 4 nitrogen and oxygen atoms in total. The second kappa shape index (κ2) is 15.0. The summed E-state index contributed by atoms with van der Waals surface area (Å²) in [7, 11) is 3.39. The highest BCUT2D eigenvalue weighted by Crippen LogP contribution is 2.34. The van der Waals surface area contributed by atoms with Crippen molar-refractivity contribution in [2.24, 2.45) is 5.41 Å². The van der Waals surface area contributed by atoms with Crippen LogP contribution in [-0.4, -0.2) is 27.4 Å². The van der Waals surface area contributed by atoms with Crippen LogP contribution in [0, 0.1) is 12.3 Å². The second-order valence-corrected chi connectivity index (χ2v) is 9.41. The minimum atomic E-state index is 0.326. The molecule has 4 heteroatoms. The van der Waals surface area contributed by atoms with Gasteiger partial charge in [0.15, 0.2) is 0 Å². The van der Waals surface area contributed by atoms with Crippen molar-refractivity contribution in [1.82, 2.24) is 0 Å². The lowest BCUT2D eigenvalue weighted by atomic mass is 9.80. The summed E-state index contributed by atoms with van der Waals surface area (Å²) in [6.45, 7) is 17.2. The Labute approximate surface area is 202 Å². The van der Waals surface area contributed by atoms with E-state index in [0.29, 0.717) is 37.8 Å². The molecule has 2 aromatic carbocycles. The fraction of sp³-hybridized carbons (Fsp3) is 0.586. The maximum atomic E-state index is 6.10. The number of ether oxygens (including phenoxy) is 4. The monoisotopic (exact) mass is 458 g/mol. The van der Waals surface area contributed by atoms with Crippen LogP contribution in [0.3, 0.4) is 0 Å². The van der Waals surface area contributed by atoms with Gasteiger partial charge in [0.1, 0.15) is 24.7 Å². The zero-order valence-corrected chi connectivity index (χ0v) is 22.4. The van der Waals surface area contributed by atoms with Crippen LogP contribution in [-0.2, 0) is 22.7 Å². The van der Waals surface area contributed by atoms with Gasteiger partial charge in [-0.25, -0.2) is 0 Å². The topological polar surface area (TPSA) is 36.9 Å². The molecule has 1 unspecified atom stereocenters. The molecule has 0 radical (unpaired) electrons. The summed E-state index contributed by atoms with van der Waals surface area (Å²) in [5.41, 5.74) is 4.94. The smallest absolute Gasteiger partial charge is 0.130 e. The van der Waals surface area contributed by atoms with E-state index < -0.39 is 0 Å². The van der Waals surface area contributed by atoms with Crippen molar-refractivity contribution in [2.45, 2.75) is 80.4 Å². The Kier molecular flexibility index (Phi) is 13.2. The van der Waals surface area contributed by atoms with Crippen LogP contribution in [0.4, 0.5) is 0 Å². The first-order chi connectivity index (χ1) is 15.8. The maximum Gasteiger partial charge on any atom is 0.130 e. The van der Waals surface area contributed by atoms with Gasteiger partial charge in [0.05, 0.1) is 13.2 Å². The quantitative estimate of drug-likeness (QED) is 0.305. The predicted molar refractivity (Wildman–Crippen MR) is 138 cm³/mol. The fourth-order valence-electron chi connectivity index (χ4n) is 4.02. The van der Waals surface area contributed by atoms with E-state index in [0.717, 1.165) is 29.0 Å². The summed E-state index contributed by atoms with van der Waals surface area (Å²) in [6.07, 6.45) is 2.33. The van der Waals surface area contributed by atoms with Gasteiger partial charge in [-0.1, -0.05) is 71.4 Å². The molecule has 0 saturated carbocycles. The van der Waals surface area contributed by atoms with E-state index in [1.807, 2.05) is 13.8 Å². The van der Waals surface area contributed by atoms with Crippen molar-refractivity contribution in [3.8, 4) is 11.5 Å². The minimum absolute atomic E-state index is 0.326. The summed E-state index contributed by atoms with van der Waals surface area (Å²) >= 11 is 0. The molecule has 0 amide bonds. The average molecular weight is 459 g/mol. The molecule has 2 rings (SSSR count). The van der Waals surface area contributed by atoms with Crippen LogP contribution >= 0.6 is 0 Å². The number of aryl methyl sites for hydroxylation is 1. The first-order valence-electron chi connectivity index (χ1n) is 12.2. The van der Waals surface area contributed by atoms with Crippen molar-refractivity contribution in [1.29, 1.82) is 0 Å². The van der Waals surface area contributed by atoms with Gasteiger partial charge in [0.25, 0.3) is 0 Å². The number of benzene rings is 2. The Hall–Kier alpha value is -2.04. The summed E-state index contributed by atoms with van der Waals surface area (Å²) < 4.78 is 22.7. The molecule has 0 fully saturated rings. The third-order valence-corrected chi connectivity index (χ3v) is 5.29. The Balaban J connectivity index is 0.00000265. The van der Waals surface area contributed by atoms with Crippen molar-refractivity contribution in [3.05, 3.63) is 58.7 Å². The van der Waals surface area contributed by atoms with Gasteiger partial charge in [-0.15, -0.1) is 0 Å². The van der Waals surface area contributed by atoms with Gasteiger partial charge in [0.2, 0.25) is 0 Å². The van der Waals surface area contributed by atoms with Gasteiger partial charge in [-0.2, -0.15) is 0 Å². The molecule has 0 spiro atoms. The van der Waals surface area contributed by atoms with Gasteiger partial charge < -0.3 is 18.9 Å². The molecule has 33 heavy (non-hydrogen) atoms. The molecule has 186 valence electrons. The van der Waals surface area contributed by atoms with Crippen LogP contribution in [0.2, 0.25) is 0 Å². The van der Waals surface area contributed by atoms with E-state index in [9.17, 15) is 0 Å². The molecular formula is C29H46O4. The molecule has 0 aliphatic rings. The maximum absolute atomic E-state index is 6.10. The molecule has 1 atom stereocenters. The van der Waals surface area contributed by atoms with Crippen molar-refractivity contribution in [2.75, 3.05) is 27.4 Å². The van der Waals surface area contributed by atoms with Gasteiger partial charge in [0, 0.05) is 25.3 Å². The number of hydrogen-bond acceptors (Lipinski definition) is 4. The number of methoxy groups -OCH3 is 2. The normalized spacial score (nSPS) is 12.0. The van der Waals surface area contributed by atoms with Crippen LogP contribution < -0.4 is 9.47 Å². The Morgan fingerprint density at radius 1 is 0.818 bits per heavy atom. The highest BCUT2D eigenvalue weighted by atomic mass is 16.5. The SMILES string of the molecule is CC.CCC(CC(C)(C)C)c1ccc(OCCOc2c(COC)cc(C)cc2COC)cc1. The molecule has 0 bridgehead atoms. The van der Waals surface area contributed by atoms with Gasteiger partial charge in [-0.3, -0.25) is 0 Å². The summed E-state index contributed by atoms with van der Waals surface area (Å²) in [5, 5.41) is 0. The summed E-state index contributed by atoms with van der Waals surface area (Å²) in [5.74, 6) is 2.29. The lowest BCUT2D eigenvalue weighted by Crippen LogP contribution is -2.13. The molecule has 0 aliphatic carbocycles. The van der Waals surface area contributed by atoms with Crippen LogP contribution in [0.15, 0.2) is 36.4 Å². The molecule has 0 heterocycles. The van der Waals surface area contributed by atoms with Crippen LogP contribution in [0.1, 0.15) is 82.6 Å². The van der Waals surface area contributed by atoms with E-state index in [4.69, 9.17) is 18.9 Å². The molecule has 0 aliphatic heterocycles. The third kappa shape index (κ3) is 10.2. The zero-order valence-electron chi connectivity index (χ0n) is 22.4. The van der Waals surface area contributed by atoms with E-state index in [-0.39, 0.29) is 0 Å². The fourth-order valence-corrected chi connectivity index (χ4v) is 4.02. The van der Waals surface area contributed by atoms with Crippen molar-refractivity contribution < 1.29 is 18.9 Å². The van der Waals surface area contributed by atoms with Gasteiger partial charge >= 0.3 is 0 Å². The Morgan fingerprint density at radius 2 is 1.33 bits per heavy atom. The van der Waals surface area contributed by atoms with E-state index in [1.54, 1.807) is 14.2 Å². The molecule has 0 aromatic heterocycles. The number of hydrogen-bond donors (Lipinski definition) is 0. The van der Waals surface area contributed by atoms with Crippen LogP contribution in [0.5, 0.6) is 11.5 Å². The number of rotatable bonds is 12. The lowest BCUT2D eigenvalue weighted by Gasteiger charge is -2.25. The Morgan fingerprint density at radius 3 is 1.79 bits per heavy atom. The van der Waals surface area contributed by atoms with Crippen molar-refractivity contribution >= 4 is 0 Å². The standard InChI is InChI=1S/C27H40O4.C2H6/c1-8-21(17-27(3,4)5)22-9-11-25(12-10-22)30-13-14-31-26-23(18-28-6)15-20(2)16-24(26)19-29-7;1-2/h9-12,15-16,21H,8,13-14,17-19H2,1-7H3;1-2H3. The first kappa shape index (κ1) is 29.0. The first-order valence-corrected chi connectivity index (χ1v) is 12.2. The molecular weight excluding hydrogens is 412 g/mol. The highest BCUT2D eigenvalue weighted by Gasteiger charge is 2.19. The summed E-state index contributed by atoms with van der Waals surface area (Å²) in [6, 6.07) is 12.7. The lowest BCUT2D eigenvalue weighted by molar-refractivity contribution is 0.164. The predicted octanol–water partition coefficient (Wildman–Crippen LogP) is 7.70. The van der Waals surface area contributed by atoms with Gasteiger partial charge in [-0.05, 0) is 48.8 Å². The van der Waals surface area contributed by atoms with E-state index in [1.165, 1.54) is 17.5 Å². The summed E-state index contributed by atoms with van der Waals surface area (Å²) in [4.78, 5) is 0. The highest BCUT2D eigenvalue weighted by molar-refractivity contribution is 5.44. The molecule has 2 aromatic rings. The van der Waals surface area contributed by atoms with E-state index >= 15 is 0 Å². The van der Waals surface area contributed by atoms with Crippen LogP contribution in [0.25, 0.3) is 0 Å². The largest absolute Gasteiger partial charge is 0.490 e. The van der Waals surface area contributed by atoms with Crippen molar-refractivity contribution in [3.63, 3.8) is 0 Å². The third-order valence-electron chi connectivity index (χ3n) is 5.29. The zero-order chi connectivity index (χ0) is 24.9. The molecule has 0 saturated heterocycles. The molecule has 0 N–H and O–H groups in total. The average Bonchev–Trinajstić information content (AvgIpc) is 2.78. The van der Waals surface area contributed by atoms with E-state index in [2.05, 4.69) is 71.0 Å². The second-order valence-electron chi connectivity index (χ2n) is 9.41. The Bertz CT molecular complexity index is 763.